The Morgan fingerprint density at radius 2 is 1.74 bits per heavy atom. The van der Waals surface area contributed by atoms with Gasteiger partial charge in [-0.15, -0.1) is 0 Å². The first-order chi connectivity index (χ1) is 14.7. The largest absolute Gasteiger partial charge is 0.450 e. The summed E-state index contributed by atoms with van der Waals surface area (Å²) in [6, 6.07) is 11.1. The van der Waals surface area contributed by atoms with Crippen molar-refractivity contribution in [2.45, 2.75) is 4.90 Å². The van der Waals surface area contributed by atoms with Crippen molar-refractivity contribution in [1.29, 1.82) is 0 Å². The highest BCUT2D eigenvalue weighted by Crippen LogP contribution is 2.35. The first-order valence-electron chi connectivity index (χ1n) is 9.43. The molecule has 0 aliphatic carbocycles. The average Bonchev–Trinajstić information content (AvgIpc) is 2.73. The zero-order valence-electron chi connectivity index (χ0n) is 16.6. The third-order valence-electron chi connectivity index (χ3n) is 5.05. The number of nitro benzene ring substituents is 1. The van der Waals surface area contributed by atoms with Gasteiger partial charge in [-0.05, 0) is 37.4 Å². The monoisotopic (exact) mass is 445 g/mol. The molecule has 2 aromatic carbocycles. The van der Waals surface area contributed by atoms with E-state index in [1.807, 2.05) is 11.9 Å². The second-order valence-corrected chi connectivity index (χ2v) is 9.09. The van der Waals surface area contributed by atoms with Crippen LogP contribution in [-0.4, -0.2) is 55.8 Å². The molecule has 1 aliphatic heterocycles. The topological polar surface area (TPSA) is 123 Å². The molecule has 1 saturated heterocycles. The highest BCUT2D eigenvalue weighted by molar-refractivity contribution is 7.89. The Hall–Kier alpha value is -3.28. The summed E-state index contributed by atoms with van der Waals surface area (Å²) in [6.45, 7) is 1.79. The van der Waals surface area contributed by atoms with E-state index in [0.717, 1.165) is 6.07 Å². The summed E-state index contributed by atoms with van der Waals surface area (Å²) in [5.74, 6) is 0.0829. The van der Waals surface area contributed by atoms with Crippen LogP contribution in [0.25, 0.3) is 11.0 Å². The van der Waals surface area contributed by atoms with Crippen molar-refractivity contribution in [3.63, 3.8) is 0 Å². The van der Waals surface area contributed by atoms with Gasteiger partial charge in [-0.3, -0.25) is 10.1 Å². The highest BCUT2D eigenvalue weighted by Gasteiger charge is 2.30. The second-order valence-electron chi connectivity index (χ2n) is 7.15. The Morgan fingerprint density at radius 3 is 2.45 bits per heavy atom. The van der Waals surface area contributed by atoms with E-state index in [1.165, 1.54) is 28.6 Å². The third kappa shape index (κ3) is 4.29. The van der Waals surface area contributed by atoms with Gasteiger partial charge in [0.05, 0.1) is 9.82 Å². The van der Waals surface area contributed by atoms with E-state index in [1.54, 1.807) is 18.2 Å². The van der Waals surface area contributed by atoms with Crippen molar-refractivity contribution in [1.82, 2.24) is 9.21 Å². The van der Waals surface area contributed by atoms with Crippen LogP contribution in [0.5, 0.6) is 11.5 Å². The van der Waals surface area contributed by atoms with Gasteiger partial charge in [0.1, 0.15) is 11.3 Å². The molecule has 1 aliphatic rings. The molecule has 11 heteroatoms. The van der Waals surface area contributed by atoms with Crippen LogP contribution < -0.4 is 10.4 Å². The molecular weight excluding hydrogens is 426 g/mol. The molecular formula is C20H19N3O7S. The number of nitrogens with zero attached hydrogens (tertiary/aromatic N) is 3. The maximum Gasteiger partial charge on any atom is 0.336 e. The van der Waals surface area contributed by atoms with Gasteiger partial charge in [0.15, 0.2) is 0 Å². The van der Waals surface area contributed by atoms with Gasteiger partial charge >= 0.3 is 11.3 Å². The summed E-state index contributed by atoms with van der Waals surface area (Å²) in [5.41, 5.74) is -0.749. The van der Waals surface area contributed by atoms with E-state index in [9.17, 15) is 23.3 Å². The quantitative estimate of drug-likeness (QED) is 0.333. The van der Waals surface area contributed by atoms with Gasteiger partial charge in [-0.1, -0.05) is 0 Å². The molecule has 1 aromatic heterocycles. The van der Waals surface area contributed by atoms with Gasteiger partial charge in [0.25, 0.3) is 0 Å². The van der Waals surface area contributed by atoms with Crippen molar-refractivity contribution in [2.24, 2.45) is 0 Å². The predicted molar refractivity (Wildman–Crippen MR) is 112 cm³/mol. The number of piperazine rings is 1. The zero-order valence-corrected chi connectivity index (χ0v) is 17.4. The molecule has 0 amide bonds. The van der Waals surface area contributed by atoms with Crippen molar-refractivity contribution >= 4 is 26.7 Å². The lowest BCUT2D eigenvalue weighted by molar-refractivity contribution is -0.385. The number of hydrogen-bond donors (Lipinski definition) is 0. The summed E-state index contributed by atoms with van der Waals surface area (Å²) in [6.07, 6.45) is 0. The minimum atomic E-state index is -3.87. The van der Waals surface area contributed by atoms with Crippen LogP contribution >= 0.6 is 0 Å². The Morgan fingerprint density at radius 1 is 1.03 bits per heavy atom. The first-order valence-corrected chi connectivity index (χ1v) is 10.9. The van der Waals surface area contributed by atoms with Crippen LogP contribution in [0.1, 0.15) is 0 Å². The predicted octanol–water partition coefficient (Wildman–Crippen LogP) is 2.43. The molecule has 2 heterocycles. The lowest BCUT2D eigenvalue weighted by Gasteiger charge is -2.31. The van der Waals surface area contributed by atoms with Crippen LogP contribution in [0, 0.1) is 10.1 Å². The normalized spacial score (nSPS) is 15.8. The third-order valence-corrected chi connectivity index (χ3v) is 6.94. The highest BCUT2D eigenvalue weighted by atomic mass is 32.2. The number of benzene rings is 2. The molecule has 0 atom stereocenters. The van der Waals surface area contributed by atoms with Crippen molar-refractivity contribution in [3.05, 3.63) is 69.1 Å². The van der Waals surface area contributed by atoms with E-state index < -0.39 is 26.3 Å². The van der Waals surface area contributed by atoms with Gasteiger partial charge in [-0.2, -0.15) is 4.31 Å². The van der Waals surface area contributed by atoms with Gasteiger partial charge in [0, 0.05) is 49.8 Å². The number of fused-ring (bicyclic) bond motifs is 1. The van der Waals surface area contributed by atoms with E-state index >= 15 is 0 Å². The number of hydrogen-bond acceptors (Lipinski definition) is 8. The average molecular weight is 445 g/mol. The number of ether oxygens (including phenoxy) is 1. The van der Waals surface area contributed by atoms with Crippen molar-refractivity contribution in [2.75, 3.05) is 33.2 Å². The molecule has 0 bridgehead atoms. The lowest BCUT2D eigenvalue weighted by Crippen LogP contribution is -2.47. The van der Waals surface area contributed by atoms with Crippen LogP contribution in [0.2, 0.25) is 0 Å². The Kier molecular flexibility index (Phi) is 5.48. The summed E-state index contributed by atoms with van der Waals surface area (Å²) in [7, 11) is -1.97. The second kappa shape index (κ2) is 8.10. The standard InChI is InChI=1S/C20H19N3O7S/c1-21-8-10-22(11-9-21)31(27,28)16-5-6-18(17(13-16)23(25)26)29-15-4-2-14-3-7-20(24)30-19(14)12-15/h2-7,12-13H,8-11H2,1H3. The Bertz CT molecular complexity index is 1310. The Balaban J connectivity index is 1.66. The number of rotatable bonds is 5. The fraction of sp³-hybridized carbons (Fsp3) is 0.250. The molecule has 0 spiro atoms. The maximum atomic E-state index is 12.9. The number of nitro groups is 1. The minimum Gasteiger partial charge on any atom is -0.450 e. The van der Waals surface area contributed by atoms with Gasteiger partial charge in [0.2, 0.25) is 15.8 Å². The fourth-order valence-corrected chi connectivity index (χ4v) is 4.74. The summed E-state index contributed by atoms with van der Waals surface area (Å²) < 4.78 is 37.9. The summed E-state index contributed by atoms with van der Waals surface area (Å²) in [4.78, 5) is 24.2. The molecule has 162 valence electrons. The fourth-order valence-electron chi connectivity index (χ4n) is 3.30. The molecule has 10 nitrogen and oxygen atoms in total. The van der Waals surface area contributed by atoms with E-state index in [-0.39, 0.29) is 22.0 Å². The summed E-state index contributed by atoms with van der Waals surface area (Å²) >= 11 is 0. The molecule has 0 N–H and O–H groups in total. The lowest BCUT2D eigenvalue weighted by atomic mass is 10.2. The van der Waals surface area contributed by atoms with Crippen LogP contribution in [0.15, 0.2) is 62.6 Å². The smallest absolute Gasteiger partial charge is 0.336 e. The maximum absolute atomic E-state index is 12.9. The molecule has 0 radical (unpaired) electrons. The van der Waals surface area contributed by atoms with E-state index in [0.29, 0.717) is 31.6 Å². The molecule has 0 saturated carbocycles. The van der Waals surface area contributed by atoms with Crippen LogP contribution in [0.3, 0.4) is 0 Å². The van der Waals surface area contributed by atoms with Crippen LogP contribution in [0.4, 0.5) is 5.69 Å². The molecule has 31 heavy (non-hydrogen) atoms. The SMILES string of the molecule is CN1CCN(S(=O)(=O)c2ccc(Oc3ccc4ccc(=O)oc4c3)c([N+](=O)[O-])c2)CC1. The van der Waals surface area contributed by atoms with E-state index in [4.69, 9.17) is 9.15 Å². The number of likely N-dealkylation sites (N-methyl/N-ethyl adjacent to an activating group) is 1. The molecule has 3 aromatic rings. The number of sulfonamides is 1. The van der Waals surface area contributed by atoms with Gasteiger partial charge < -0.3 is 14.1 Å². The Labute approximate surface area is 177 Å². The molecule has 0 unspecified atom stereocenters. The van der Waals surface area contributed by atoms with Gasteiger partial charge in [-0.25, -0.2) is 13.2 Å². The van der Waals surface area contributed by atoms with Crippen molar-refractivity contribution < 1.29 is 22.5 Å². The zero-order chi connectivity index (χ0) is 22.2. The van der Waals surface area contributed by atoms with Crippen molar-refractivity contribution in [3.8, 4) is 11.5 Å². The van der Waals surface area contributed by atoms with E-state index in [2.05, 4.69) is 0 Å². The van der Waals surface area contributed by atoms with Crippen LogP contribution in [-0.2, 0) is 10.0 Å². The summed E-state index contributed by atoms with van der Waals surface area (Å²) in [5, 5.41) is 12.3. The minimum absolute atomic E-state index is 0.125. The first kappa shape index (κ1) is 21.0. The molecule has 4 rings (SSSR count). The molecule has 1 fully saturated rings.